The smallest absolute Gasteiger partial charge is 0.237 e. The Morgan fingerprint density at radius 3 is 2.64 bits per heavy atom. The van der Waals surface area contributed by atoms with Gasteiger partial charge in [-0.15, -0.1) is 0 Å². The third-order valence-corrected chi connectivity index (χ3v) is 1.34. The van der Waals surface area contributed by atoms with Crippen molar-refractivity contribution in [1.82, 2.24) is 5.32 Å². The van der Waals surface area contributed by atoms with E-state index in [9.17, 15) is 4.79 Å². The fourth-order valence-corrected chi connectivity index (χ4v) is 0.554. The summed E-state index contributed by atoms with van der Waals surface area (Å²) in [6.45, 7) is 7.92. The lowest BCUT2D eigenvalue weighted by atomic mass is 10.2. The van der Waals surface area contributed by atoms with E-state index in [4.69, 9.17) is 5.73 Å². The number of hydrogen-bond donors (Lipinski definition) is 2. The van der Waals surface area contributed by atoms with Crippen LogP contribution in [-0.4, -0.2) is 18.5 Å². The van der Waals surface area contributed by atoms with Gasteiger partial charge in [-0.2, -0.15) is 0 Å². The van der Waals surface area contributed by atoms with Crippen molar-refractivity contribution in [2.24, 2.45) is 5.73 Å². The highest BCUT2D eigenvalue weighted by atomic mass is 16.2. The van der Waals surface area contributed by atoms with E-state index < -0.39 is 0 Å². The minimum Gasteiger partial charge on any atom is -0.351 e. The lowest BCUT2D eigenvalue weighted by Gasteiger charge is -2.09. The number of hydrogen-bond acceptors (Lipinski definition) is 2. The number of amides is 1. The monoisotopic (exact) mass is 156 g/mol. The van der Waals surface area contributed by atoms with Crippen LogP contribution in [0.2, 0.25) is 0 Å². The van der Waals surface area contributed by atoms with E-state index in [1.807, 2.05) is 13.8 Å². The average molecular weight is 156 g/mol. The number of rotatable bonds is 4. The van der Waals surface area contributed by atoms with Gasteiger partial charge in [0, 0.05) is 6.54 Å². The van der Waals surface area contributed by atoms with Crippen LogP contribution in [0.25, 0.3) is 0 Å². The fraction of sp³-hybridized carbons (Fsp3) is 0.625. The van der Waals surface area contributed by atoms with E-state index in [0.717, 1.165) is 5.57 Å². The van der Waals surface area contributed by atoms with E-state index in [1.165, 1.54) is 0 Å². The number of carbonyl (C=O) groups is 1. The van der Waals surface area contributed by atoms with Crippen molar-refractivity contribution in [3.8, 4) is 0 Å². The normalized spacial score (nSPS) is 12.3. The molecule has 0 aromatic carbocycles. The highest BCUT2D eigenvalue weighted by molar-refractivity contribution is 5.81. The van der Waals surface area contributed by atoms with Gasteiger partial charge in [-0.3, -0.25) is 4.79 Å². The molecule has 3 nitrogen and oxygen atoms in total. The van der Waals surface area contributed by atoms with Gasteiger partial charge in [-0.05, 0) is 13.3 Å². The van der Waals surface area contributed by atoms with E-state index in [0.29, 0.717) is 13.0 Å². The predicted molar refractivity (Wildman–Crippen MR) is 46.1 cm³/mol. The van der Waals surface area contributed by atoms with Crippen molar-refractivity contribution >= 4 is 5.91 Å². The van der Waals surface area contributed by atoms with Gasteiger partial charge in [0.05, 0.1) is 6.04 Å². The molecule has 11 heavy (non-hydrogen) atoms. The van der Waals surface area contributed by atoms with Gasteiger partial charge in [0.25, 0.3) is 0 Å². The van der Waals surface area contributed by atoms with E-state index in [-0.39, 0.29) is 11.9 Å². The molecule has 1 amide bonds. The topological polar surface area (TPSA) is 55.1 Å². The van der Waals surface area contributed by atoms with Crippen LogP contribution in [0.15, 0.2) is 12.2 Å². The quantitative estimate of drug-likeness (QED) is 0.579. The summed E-state index contributed by atoms with van der Waals surface area (Å²) in [5, 5.41) is 2.67. The first-order chi connectivity index (χ1) is 5.07. The van der Waals surface area contributed by atoms with Gasteiger partial charge in [-0.1, -0.05) is 19.1 Å². The van der Waals surface area contributed by atoms with Crippen molar-refractivity contribution in [3.63, 3.8) is 0 Å². The van der Waals surface area contributed by atoms with Crippen LogP contribution in [0.4, 0.5) is 0 Å². The minimum atomic E-state index is -0.380. The number of nitrogens with one attached hydrogen (secondary N) is 1. The molecule has 0 fully saturated rings. The van der Waals surface area contributed by atoms with Crippen molar-refractivity contribution in [2.75, 3.05) is 6.54 Å². The molecule has 0 spiro atoms. The highest BCUT2D eigenvalue weighted by Crippen LogP contribution is 1.87. The van der Waals surface area contributed by atoms with E-state index >= 15 is 0 Å². The SMILES string of the molecule is C=C(C)CNC(=O)[C@@H](N)CC. The second kappa shape index (κ2) is 4.91. The van der Waals surface area contributed by atoms with Gasteiger partial charge in [0.1, 0.15) is 0 Å². The molecule has 0 aliphatic heterocycles. The molecule has 0 bridgehead atoms. The molecule has 0 aliphatic carbocycles. The Morgan fingerprint density at radius 1 is 1.73 bits per heavy atom. The van der Waals surface area contributed by atoms with Crippen molar-refractivity contribution in [3.05, 3.63) is 12.2 Å². The summed E-state index contributed by atoms with van der Waals surface area (Å²) in [7, 11) is 0. The van der Waals surface area contributed by atoms with Gasteiger partial charge >= 0.3 is 0 Å². The maximum absolute atomic E-state index is 11.0. The molecule has 3 heteroatoms. The molecule has 3 N–H and O–H groups in total. The van der Waals surface area contributed by atoms with Crippen LogP contribution in [-0.2, 0) is 4.79 Å². The maximum Gasteiger partial charge on any atom is 0.237 e. The minimum absolute atomic E-state index is 0.101. The summed E-state index contributed by atoms with van der Waals surface area (Å²) in [5.41, 5.74) is 6.39. The molecule has 0 rings (SSSR count). The summed E-state index contributed by atoms with van der Waals surface area (Å²) in [6, 6.07) is -0.380. The van der Waals surface area contributed by atoms with Gasteiger partial charge in [0.2, 0.25) is 5.91 Å². The zero-order valence-corrected chi connectivity index (χ0v) is 7.18. The lowest BCUT2D eigenvalue weighted by molar-refractivity contribution is -0.122. The first kappa shape index (κ1) is 10.2. The van der Waals surface area contributed by atoms with Crippen LogP contribution in [0.5, 0.6) is 0 Å². The largest absolute Gasteiger partial charge is 0.351 e. The summed E-state index contributed by atoms with van der Waals surface area (Å²) in [6.07, 6.45) is 0.669. The van der Waals surface area contributed by atoms with E-state index in [1.54, 1.807) is 0 Å². The lowest BCUT2D eigenvalue weighted by Crippen LogP contribution is -2.40. The Bertz CT molecular complexity index is 154. The molecule has 0 radical (unpaired) electrons. The summed E-state index contributed by atoms with van der Waals surface area (Å²) in [4.78, 5) is 11.0. The Kier molecular flexibility index (Phi) is 4.54. The molecule has 64 valence electrons. The van der Waals surface area contributed by atoms with Crippen LogP contribution < -0.4 is 11.1 Å². The summed E-state index contributed by atoms with van der Waals surface area (Å²) >= 11 is 0. The molecule has 0 saturated heterocycles. The zero-order chi connectivity index (χ0) is 8.85. The van der Waals surface area contributed by atoms with Crippen LogP contribution in [0, 0.1) is 0 Å². The van der Waals surface area contributed by atoms with Gasteiger partial charge in [-0.25, -0.2) is 0 Å². The highest BCUT2D eigenvalue weighted by Gasteiger charge is 2.08. The molecule has 0 aromatic heterocycles. The second-order valence-electron chi connectivity index (χ2n) is 2.69. The summed E-state index contributed by atoms with van der Waals surface area (Å²) in [5.74, 6) is -0.101. The van der Waals surface area contributed by atoms with Crippen LogP contribution >= 0.6 is 0 Å². The number of carbonyl (C=O) groups excluding carboxylic acids is 1. The first-order valence-corrected chi connectivity index (χ1v) is 3.75. The Hall–Kier alpha value is -0.830. The maximum atomic E-state index is 11.0. The number of nitrogens with two attached hydrogens (primary N) is 1. The predicted octanol–water partition coefficient (Wildman–Crippen LogP) is 0.416. The molecule has 1 atom stereocenters. The standard InChI is InChI=1S/C8H16N2O/c1-4-7(9)8(11)10-5-6(2)3/h7H,2,4-5,9H2,1,3H3,(H,10,11)/t7-/m0/s1. The first-order valence-electron chi connectivity index (χ1n) is 3.75. The van der Waals surface area contributed by atoms with Crippen molar-refractivity contribution in [2.45, 2.75) is 26.3 Å². The molecule has 0 heterocycles. The Balaban J connectivity index is 3.60. The molecule has 0 aromatic rings. The van der Waals surface area contributed by atoms with Gasteiger partial charge in [0.15, 0.2) is 0 Å². The van der Waals surface area contributed by atoms with E-state index in [2.05, 4.69) is 11.9 Å². The van der Waals surface area contributed by atoms with Crippen LogP contribution in [0.3, 0.4) is 0 Å². The Labute approximate surface area is 67.7 Å². The molecule has 0 aliphatic rings. The van der Waals surface area contributed by atoms with Gasteiger partial charge < -0.3 is 11.1 Å². The van der Waals surface area contributed by atoms with Crippen molar-refractivity contribution < 1.29 is 4.79 Å². The summed E-state index contributed by atoms with van der Waals surface area (Å²) < 4.78 is 0. The molecule has 0 saturated carbocycles. The fourth-order valence-electron chi connectivity index (χ4n) is 0.554. The van der Waals surface area contributed by atoms with Crippen molar-refractivity contribution in [1.29, 1.82) is 0 Å². The zero-order valence-electron chi connectivity index (χ0n) is 7.18. The Morgan fingerprint density at radius 2 is 2.27 bits per heavy atom. The third kappa shape index (κ3) is 4.56. The average Bonchev–Trinajstić information content (AvgIpc) is 1.98. The molecular formula is C8H16N2O. The molecular weight excluding hydrogens is 140 g/mol. The van der Waals surface area contributed by atoms with Crippen LogP contribution in [0.1, 0.15) is 20.3 Å². The molecule has 0 unspecified atom stereocenters. The third-order valence-electron chi connectivity index (χ3n) is 1.34. The second-order valence-corrected chi connectivity index (χ2v) is 2.69.